The molecule has 0 amide bonds. The predicted octanol–water partition coefficient (Wildman–Crippen LogP) is 1.84. The molecule has 1 aromatic carbocycles. The van der Waals surface area contributed by atoms with Gasteiger partial charge >= 0.3 is 0 Å². The summed E-state index contributed by atoms with van der Waals surface area (Å²) in [6.45, 7) is 2.28. The van der Waals surface area contributed by atoms with Crippen LogP contribution in [0.3, 0.4) is 0 Å². The number of nitrogens with zero attached hydrogens (tertiary/aromatic N) is 1. The lowest BCUT2D eigenvalue weighted by Gasteiger charge is -2.64. The van der Waals surface area contributed by atoms with Crippen molar-refractivity contribution >= 4 is 0 Å². The third kappa shape index (κ3) is 1.69. The van der Waals surface area contributed by atoms with Crippen LogP contribution in [0.15, 0.2) is 18.2 Å². The molecular weight excluding hydrogens is 312 g/mol. The number of ether oxygens (including phenoxy) is 1. The third-order valence-corrected chi connectivity index (χ3v) is 8.03. The monoisotopic (exact) mass is 340 g/mol. The summed E-state index contributed by atoms with van der Waals surface area (Å²) in [5, 5.41) is 15.7. The van der Waals surface area contributed by atoms with Crippen molar-refractivity contribution in [1.82, 2.24) is 10.2 Å². The summed E-state index contributed by atoms with van der Waals surface area (Å²) in [7, 11) is 2.04. The molecule has 5 atom stereocenters. The summed E-state index contributed by atoms with van der Waals surface area (Å²) in [5.74, 6) is 1.91. The van der Waals surface area contributed by atoms with Gasteiger partial charge in [-0.2, -0.15) is 0 Å². The molecule has 2 heterocycles. The van der Waals surface area contributed by atoms with Crippen LogP contribution in [0.2, 0.25) is 0 Å². The minimum absolute atomic E-state index is 0.0678. The van der Waals surface area contributed by atoms with Gasteiger partial charge in [0.1, 0.15) is 11.9 Å². The average molecular weight is 340 g/mol. The van der Waals surface area contributed by atoms with Crippen molar-refractivity contribution in [3.8, 4) is 5.75 Å². The van der Waals surface area contributed by atoms with Crippen LogP contribution >= 0.6 is 0 Å². The predicted molar refractivity (Wildman–Crippen MR) is 96.0 cm³/mol. The average Bonchev–Trinajstić information content (AvgIpc) is 3.35. The van der Waals surface area contributed by atoms with Crippen molar-refractivity contribution in [2.45, 2.75) is 67.7 Å². The number of likely N-dealkylation sites (N-methyl/N-ethyl adjacent to an activating group) is 1. The van der Waals surface area contributed by atoms with E-state index in [-0.39, 0.29) is 17.6 Å². The highest BCUT2D eigenvalue weighted by molar-refractivity contribution is 5.57. The van der Waals surface area contributed by atoms with Gasteiger partial charge < -0.3 is 15.2 Å². The molecule has 5 aliphatic rings. The molecule has 25 heavy (non-hydrogen) atoms. The Morgan fingerprint density at radius 1 is 1.28 bits per heavy atom. The lowest BCUT2D eigenvalue weighted by atomic mass is 9.48. The van der Waals surface area contributed by atoms with Gasteiger partial charge in [0.05, 0.1) is 11.0 Å². The topological polar surface area (TPSA) is 44.7 Å². The lowest BCUT2D eigenvalue weighted by Crippen LogP contribution is -2.78. The van der Waals surface area contributed by atoms with E-state index in [0.717, 1.165) is 43.9 Å². The highest BCUT2D eigenvalue weighted by atomic mass is 16.5. The summed E-state index contributed by atoms with van der Waals surface area (Å²) in [6.07, 6.45) is 6.71. The van der Waals surface area contributed by atoms with E-state index in [0.29, 0.717) is 6.04 Å². The van der Waals surface area contributed by atoms with Gasteiger partial charge in [-0.3, -0.25) is 4.90 Å². The van der Waals surface area contributed by atoms with Crippen molar-refractivity contribution in [3.05, 3.63) is 29.3 Å². The van der Waals surface area contributed by atoms with Crippen LogP contribution in [-0.4, -0.2) is 53.9 Å². The van der Waals surface area contributed by atoms with Gasteiger partial charge in [0.15, 0.2) is 0 Å². The van der Waals surface area contributed by atoms with E-state index in [1.165, 1.54) is 30.5 Å². The molecule has 3 fully saturated rings. The molecule has 6 rings (SSSR count). The van der Waals surface area contributed by atoms with Crippen LogP contribution < -0.4 is 10.1 Å². The molecule has 2 N–H and O–H groups in total. The van der Waals surface area contributed by atoms with Crippen LogP contribution in [-0.2, 0) is 11.8 Å². The minimum Gasteiger partial charge on any atom is -0.487 e. The number of nitrogens with one attached hydrogen (secondary N) is 1. The summed E-state index contributed by atoms with van der Waals surface area (Å²) < 4.78 is 6.53. The minimum atomic E-state index is -0.641. The number of benzene rings is 1. The van der Waals surface area contributed by atoms with Crippen molar-refractivity contribution in [3.63, 3.8) is 0 Å². The van der Waals surface area contributed by atoms with Gasteiger partial charge in [-0.15, -0.1) is 0 Å². The Morgan fingerprint density at radius 2 is 2.16 bits per heavy atom. The van der Waals surface area contributed by atoms with Crippen molar-refractivity contribution in [2.24, 2.45) is 5.92 Å². The summed E-state index contributed by atoms with van der Waals surface area (Å²) in [5.41, 5.74) is 1.92. The van der Waals surface area contributed by atoms with Crippen molar-refractivity contribution in [1.29, 1.82) is 0 Å². The van der Waals surface area contributed by atoms with Gasteiger partial charge in [0.25, 0.3) is 0 Å². The maximum Gasteiger partial charge on any atom is 0.127 e. The number of rotatable bonds is 3. The van der Waals surface area contributed by atoms with Gasteiger partial charge in [0.2, 0.25) is 0 Å². The molecule has 2 saturated carbocycles. The number of piperidine rings is 1. The SMILES string of the molecule is CN[C@@H]1CC[C@@]2(O)[C@H]3Cc4cccc5c4[C@@]2(CCN3CC2CC2)[C@H]1O5. The Morgan fingerprint density at radius 3 is 2.96 bits per heavy atom. The quantitative estimate of drug-likeness (QED) is 0.881. The van der Waals surface area contributed by atoms with E-state index in [2.05, 4.69) is 28.4 Å². The van der Waals surface area contributed by atoms with Crippen LogP contribution in [0.5, 0.6) is 5.75 Å². The second-order valence-corrected chi connectivity index (χ2v) is 9.07. The first kappa shape index (κ1) is 15.0. The Bertz CT molecular complexity index is 733. The lowest BCUT2D eigenvalue weighted by molar-refractivity contribution is -0.191. The second kappa shape index (κ2) is 4.79. The zero-order valence-corrected chi connectivity index (χ0v) is 15.0. The molecule has 4 heteroatoms. The maximum absolute atomic E-state index is 12.2. The fourth-order valence-corrected chi connectivity index (χ4v) is 6.75. The first-order chi connectivity index (χ1) is 12.2. The molecule has 1 aromatic rings. The molecule has 134 valence electrons. The smallest absolute Gasteiger partial charge is 0.127 e. The molecule has 0 radical (unpaired) electrons. The molecule has 1 spiro atoms. The van der Waals surface area contributed by atoms with Crippen LogP contribution in [0.4, 0.5) is 0 Å². The second-order valence-electron chi connectivity index (χ2n) is 9.07. The van der Waals surface area contributed by atoms with Crippen LogP contribution in [0.1, 0.15) is 43.2 Å². The highest BCUT2D eigenvalue weighted by Crippen LogP contribution is 2.64. The van der Waals surface area contributed by atoms with E-state index >= 15 is 0 Å². The number of hydrogen-bond donors (Lipinski definition) is 2. The van der Waals surface area contributed by atoms with Crippen molar-refractivity contribution < 1.29 is 9.84 Å². The van der Waals surface area contributed by atoms with E-state index in [1.807, 2.05) is 7.05 Å². The maximum atomic E-state index is 12.2. The molecule has 4 nitrogen and oxygen atoms in total. The highest BCUT2D eigenvalue weighted by Gasteiger charge is 2.72. The van der Waals surface area contributed by atoms with E-state index in [1.54, 1.807) is 0 Å². The molecule has 3 aliphatic carbocycles. The molecule has 0 aromatic heterocycles. The first-order valence-corrected chi connectivity index (χ1v) is 10.1. The van der Waals surface area contributed by atoms with Crippen molar-refractivity contribution in [2.75, 3.05) is 20.1 Å². The fraction of sp³-hybridized carbons (Fsp3) is 0.714. The summed E-state index contributed by atoms with van der Waals surface area (Å²) in [6, 6.07) is 7.13. The van der Waals surface area contributed by atoms with E-state index < -0.39 is 5.60 Å². The standard InChI is InChI=1S/C21H28N2O2/c1-22-15-7-8-21(24)17-11-14-3-2-4-16-18(14)20(21,19(15)25-16)9-10-23(17)12-13-5-6-13/h2-4,13,15,17,19,22,24H,5-12H2,1H3/t15-,17-,19+,20+,21-/m1/s1. The molecule has 2 bridgehead atoms. The number of hydrogen-bond acceptors (Lipinski definition) is 4. The Hall–Kier alpha value is -1.10. The zero-order valence-electron chi connectivity index (χ0n) is 15.0. The number of aliphatic hydroxyl groups is 1. The van der Waals surface area contributed by atoms with Gasteiger partial charge in [-0.25, -0.2) is 0 Å². The van der Waals surface area contributed by atoms with E-state index in [9.17, 15) is 5.11 Å². The largest absolute Gasteiger partial charge is 0.487 e. The summed E-state index contributed by atoms with van der Waals surface area (Å²) >= 11 is 0. The van der Waals surface area contributed by atoms with Crippen LogP contribution in [0.25, 0.3) is 0 Å². The fourth-order valence-electron chi connectivity index (χ4n) is 6.75. The zero-order chi connectivity index (χ0) is 16.8. The normalized spacial score (nSPS) is 44.3. The molecular formula is C21H28N2O2. The molecule has 1 saturated heterocycles. The Kier molecular flexibility index (Phi) is 2.87. The summed E-state index contributed by atoms with van der Waals surface area (Å²) in [4.78, 5) is 2.63. The van der Waals surface area contributed by atoms with Gasteiger partial charge in [-0.1, -0.05) is 12.1 Å². The Labute approximate surface area is 149 Å². The van der Waals surface area contributed by atoms with Gasteiger partial charge in [0, 0.05) is 24.2 Å². The van der Waals surface area contributed by atoms with E-state index in [4.69, 9.17) is 4.74 Å². The first-order valence-electron chi connectivity index (χ1n) is 10.1. The van der Waals surface area contributed by atoms with Crippen LogP contribution in [0, 0.1) is 5.92 Å². The van der Waals surface area contributed by atoms with Gasteiger partial charge in [-0.05, 0) is 69.7 Å². The molecule has 2 aliphatic heterocycles. The Balaban J connectivity index is 1.54. The number of likely N-dealkylation sites (tertiary alicyclic amines) is 1. The third-order valence-electron chi connectivity index (χ3n) is 8.03. The molecule has 0 unspecified atom stereocenters.